The number of rotatable bonds is 2. The maximum Gasteiger partial charge on any atom is 0.227 e. The first kappa shape index (κ1) is 12.4. The van der Waals surface area contributed by atoms with Crippen molar-refractivity contribution in [1.29, 1.82) is 0 Å². The van der Waals surface area contributed by atoms with Gasteiger partial charge in [-0.3, -0.25) is 9.59 Å². The molecule has 0 radical (unpaired) electrons. The summed E-state index contributed by atoms with van der Waals surface area (Å²) in [7, 11) is 0. The molecule has 2 aliphatic carbocycles. The second-order valence-corrected chi connectivity index (χ2v) is 5.64. The molecule has 0 saturated heterocycles. The molecule has 100 valence electrons. The first-order valence-electron chi connectivity index (χ1n) is 7.17. The van der Waals surface area contributed by atoms with Crippen molar-refractivity contribution in [3.05, 3.63) is 29.3 Å². The van der Waals surface area contributed by atoms with Crippen LogP contribution in [0.1, 0.15) is 43.2 Å². The lowest BCUT2D eigenvalue weighted by atomic mass is 9.88. The Morgan fingerprint density at radius 2 is 1.79 bits per heavy atom. The molecule has 0 aromatic heterocycles. The van der Waals surface area contributed by atoms with Crippen LogP contribution in [0.15, 0.2) is 18.2 Å². The number of carbonyl (C=O) groups is 2. The summed E-state index contributed by atoms with van der Waals surface area (Å²) < 4.78 is 0. The molecule has 3 heteroatoms. The van der Waals surface area contributed by atoms with Crippen molar-refractivity contribution in [3.8, 4) is 0 Å². The van der Waals surface area contributed by atoms with Gasteiger partial charge in [0, 0.05) is 24.4 Å². The summed E-state index contributed by atoms with van der Waals surface area (Å²) in [5, 5.41) is 3.01. The highest BCUT2D eigenvalue weighted by Crippen LogP contribution is 2.27. The van der Waals surface area contributed by atoms with Gasteiger partial charge in [0.15, 0.2) is 0 Å². The van der Waals surface area contributed by atoms with Gasteiger partial charge in [0.25, 0.3) is 0 Å². The van der Waals surface area contributed by atoms with Crippen molar-refractivity contribution >= 4 is 17.4 Å². The molecule has 1 aromatic rings. The molecule has 2 aliphatic rings. The van der Waals surface area contributed by atoms with Crippen LogP contribution in [-0.2, 0) is 22.4 Å². The van der Waals surface area contributed by atoms with Crippen LogP contribution in [0.25, 0.3) is 0 Å². The Bertz CT molecular complexity index is 511. The molecule has 1 fully saturated rings. The van der Waals surface area contributed by atoms with Gasteiger partial charge in [0.05, 0.1) is 0 Å². The fourth-order valence-electron chi connectivity index (χ4n) is 3.10. The number of ketones is 1. The van der Waals surface area contributed by atoms with Gasteiger partial charge in [-0.1, -0.05) is 6.07 Å². The second kappa shape index (κ2) is 5.16. The summed E-state index contributed by atoms with van der Waals surface area (Å²) in [6.45, 7) is 0. The molecule has 1 aromatic carbocycles. The molecule has 1 amide bonds. The van der Waals surface area contributed by atoms with Gasteiger partial charge >= 0.3 is 0 Å². The van der Waals surface area contributed by atoms with Crippen molar-refractivity contribution in [1.82, 2.24) is 0 Å². The van der Waals surface area contributed by atoms with E-state index in [2.05, 4.69) is 17.4 Å². The highest BCUT2D eigenvalue weighted by Gasteiger charge is 2.25. The minimum absolute atomic E-state index is 0.00551. The summed E-state index contributed by atoms with van der Waals surface area (Å²) in [6, 6.07) is 6.23. The predicted molar refractivity (Wildman–Crippen MR) is 74.1 cm³/mol. The largest absolute Gasteiger partial charge is 0.326 e. The van der Waals surface area contributed by atoms with E-state index >= 15 is 0 Å². The Labute approximate surface area is 113 Å². The number of aryl methyl sites for hydroxylation is 2. The van der Waals surface area contributed by atoms with E-state index in [1.54, 1.807) is 0 Å². The minimum atomic E-state index is 0.00551. The van der Waals surface area contributed by atoms with Crippen molar-refractivity contribution in [3.63, 3.8) is 0 Å². The maximum absolute atomic E-state index is 12.2. The number of carbonyl (C=O) groups excluding carboxylic acids is 2. The van der Waals surface area contributed by atoms with Crippen LogP contribution in [0.3, 0.4) is 0 Å². The number of benzene rings is 1. The van der Waals surface area contributed by atoms with E-state index in [1.807, 2.05) is 6.07 Å². The maximum atomic E-state index is 12.2. The standard InChI is InChI=1S/C16H19NO2/c18-15-8-5-12(6-9-15)16(19)17-14-7-4-11-2-1-3-13(11)10-14/h4,7,10,12H,1-3,5-6,8-9H2,(H,17,19). The number of amides is 1. The smallest absolute Gasteiger partial charge is 0.227 e. The van der Waals surface area contributed by atoms with Gasteiger partial charge < -0.3 is 5.32 Å². The van der Waals surface area contributed by atoms with Crippen molar-refractivity contribution in [2.24, 2.45) is 5.92 Å². The van der Waals surface area contributed by atoms with Gasteiger partial charge in [-0.05, 0) is 55.4 Å². The second-order valence-electron chi connectivity index (χ2n) is 5.64. The van der Waals surface area contributed by atoms with Gasteiger partial charge in [0.1, 0.15) is 5.78 Å². The molecule has 0 aliphatic heterocycles. The summed E-state index contributed by atoms with van der Waals surface area (Å²) in [5.41, 5.74) is 3.69. The molecule has 3 rings (SSSR count). The van der Waals surface area contributed by atoms with Gasteiger partial charge in [0.2, 0.25) is 5.91 Å². The Hall–Kier alpha value is -1.64. The Kier molecular flexibility index (Phi) is 3.36. The lowest BCUT2D eigenvalue weighted by molar-refractivity contribution is -0.125. The average molecular weight is 257 g/mol. The van der Waals surface area contributed by atoms with Crippen LogP contribution >= 0.6 is 0 Å². The summed E-state index contributed by atoms with van der Waals surface area (Å²) in [6.07, 6.45) is 6.03. The molecule has 0 atom stereocenters. The number of hydrogen-bond acceptors (Lipinski definition) is 2. The van der Waals surface area contributed by atoms with Crippen molar-refractivity contribution in [2.45, 2.75) is 44.9 Å². The Morgan fingerprint density at radius 1 is 1.05 bits per heavy atom. The third-order valence-corrected chi connectivity index (χ3v) is 4.28. The van der Waals surface area contributed by atoms with Gasteiger partial charge in [-0.25, -0.2) is 0 Å². The molecule has 0 spiro atoms. The highest BCUT2D eigenvalue weighted by atomic mass is 16.2. The molecule has 19 heavy (non-hydrogen) atoms. The molecule has 3 nitrogen and oxygen atoms in total. The summed E-state index contributed by atoms with van der Waals surface area (Å²) in [5.74, 6) is 0.373. The molecular weight excluding hydrogens is 238 g/mol. The quantitative estimate of drug-likeness (QED) is 0.885. The van der Waals surface area contributed by atoms with E-state index in [0.29, 0.717) is 31.5 Å². The average Bonchev–Trinajstić information content (AvgIpc) is 2.87. The number of hydrogen-bond donors (Lipinski definition) is 1. The van der Waals surface area contributed by atoms with Crippen LogP contribution < -0.4 is 5.32 Å². The molecule has 0 bridgehead atoms. The zero-order chi connectivity index (χ0) is 13.2. The molecule has 1 saturated carbocycles. The van der Waals surface area contributed by atoms with E-state index in [0.717, 1.165) is 18.5 Å². The van der Waals surface area contributed by atoms with E-state index in [-0.39, 0.29) is 11.8 Å². The Morgan fingerprint density at radius 3 is 2.58 bits per heavy atom. The number of fused-ring (bicyclic) bond motifs is 1. The first-order valence-corrected chi connectivity index (χ1v) is 7.17. The number of anilines is 1. The highest BCUT2D eigenvalue weighted by molar-refractivity contribution is 5.94. The zero-order valence-electron chi connectivity index (χ0n) is 11.1. The van der Waals surface area contributed by atoms with Crippen LogP contribution in [0.5, 0.6) is 0 Å². The fraction of sp³-hybridized carbons (Fsp3) is 0.500. The lowest BCUT2D eigenvalue weighted by Gasteiger charge is -2.20. The van der Waals surface area contributed by atoms with Crippen LogP contribution in [-0.4, -0.2) is 11.7 Å². The molecular formula is C16H19NO2. The van der Waals surface area contributed by atoms with Crippen molar-refractivity contribution in [2.75, 3.05) is 5.32 Å². The molecule has 0 unspecified atom stereocenters. The number of nitrogens with one attached hydrogen (secondary N) is 1. The summed E-state index contributed by atoms with van der Waals surface area (Å²) in [4.78, 5) is 23.3. The normalized spacial score (nSPS) is 19.3. The monoisotopic (exact) mass is 257 g/mol. The van der Waals surface area contributed by atoms with Gasteiger partial charge in [-0.15, -0.1) is 0 Å². The SMILES string of the molecule is O=C1CCC(C(=O)Nc2ccc3c(c2)CCC3)CC1. The van der Waals surface area contributed by atoms with E-state index in [4.69, 9.17) is 0 Å². The zero-order valence-corrected chi connectivity index (χ0v) is 11.1. The van der Waals surface area contributed by atoms with Gasteiger partial charge in [-0.2, -0.15) is 0 Å². The van der Waals surface area contributed by atoms with Crippen LogP contribution in [0.2, 0.25) is 0 Å². The van der Waals surface area contributed by atoms with E-state index < -0.39 is 0 Å². The van der Waals surface area contributed by atoms with Crippen LogP contribution in [0, 0.1) is 5.92 Å². The third-order valence-electron chi connectivity index (χ3n) is 4.28. The summed E-state index contributed by atoms with van der Waals surface area (Å²) >= 11 is 0. The van der Waals surface area contributed by atoms with Crippen LogP contribution in [0.4, 0.5) is 5.69 Å². The fourth-order valence-corrected chi connectivity index (χ4v) is 3.10. The van der Waals surface area contributed by atoms with E-state index in [1.165, 1.54) is 17.5 Å². The molecule has 1 N–H and O–H groups in total. The Balaban J connectivity index is 1.64. The topological polar surface area (TPSA) is 46.2 Å². The third kappa shape index (κ3) is 2.70. The van der Waals surface area contributed by atoms with Crippen molar-refractivity contribution < 1.29 is 9.59 Å². The lowest BCUT2D eigenvalue weighted by Crippen LogP contribution is -2.27. The predicted octanol–water partition coefficient (Wildman–Crippen LogP) is 2.87. The number of Topliss-reactive ketones (excluding diaryl/α,β-unsaturated/α-hetero) is 1. The molecule has 0 heterocycles. The van der Waals surface area contributed by atoms with E-state index in [9.17, 15) is 9.59 Å². The minimum Gasteiger partial charge on any atom is -0.326 e. The first-order chi connectivity index (χ1) is 9.22.